The molecular weight excluding hydrogens is 374 g/mol. The van der Waals surface area contributed by atoms with Gasteiger partial charge < -0.3 is 15.7 Å². The van der Waals surface area contributed by atoms with Gasteiger partial charge in [-0.3, -0.25) is 24.0 Å². The molecule has 0 bridgehead atoms. The van der Waals surface area contributed by atoms with Gasteiger partial charge in [0.15, 0.2) is 5.82 Å². The summed E-state index contributed by atoms with van der Waals surface area (Å²) in [5.74, 6) is -1.22. The van der Waals surface area contributed by atoms with Crippen molar-refractivity contribution in [1.29, 1.82) is 0 Å². The summed E-state index contributed by atoms with van der Waals surface area (Å²) in [4.78, 5) is 37.9. The van der Waals surface area contributed by atoms with Crippen LogP contribution < -0.4 is 10.6 Å². The molecule has 1 aromatic carbocycles. The third-order valence-electron chi connectivity index (χ3n) is 5.14. The summed E-state index contributed by atoms with van der Waals surface area (Å²) in [6, 6.07) is 9.30. The fourth-order valence-electron chi connectivity index (χ4n) is 3.82. The van der Waals surface area contributed by atoms with E-state index in [2.05, 4.69) is 15.7 Å². The first kappa shape index (κ1) is 20.5. The summed E-state index contributed by atoms with van der Waals surface area (Å²) < 4.78 is 1.64. The van der Waals surface area contributed by atoms with Crippen LogP contribution in [-0.2, 0) is 21.4 Å². The number of hydrogen-bond donors (Lipinski definition) is 3. The Balaban J connectivity index is 1.87. The van der Waals surface area contributed by atoms with Gasteiger partial charge in [0.1, 0.15) is 6.04 Å². The van der Waals surface area contributed by atoms with E-state index in [0.29, 0.717) is 5.82 Å². The Morgan fingerprint density at radius 3 is 2.48 bits per heavy atom. The fourth-order valence-corrected chi connectivity index (χ4v) is 3.82. The van der Waals surface area contributed by atoms with Crippen LogP contribution in [-0.4, -0.2) is 56.2 Å². The van der Waals surface area contributed by atoms with E-state index in [1.165, 1.54) is 6.92 Å². The van der Waals surface area contributed by atoms with E-state index >= 15 is 0 Å². The minimum Gasteiger partial charge on any atom is -0.480 e. The number of likely N-dealkylation sites (tertiary alicyclic amines) is 1. The monoisotopic (exact) mass is 399 g/mol. The highest BCUT2D eigenvalue weighted by molar-refractivity contribution is 5.92. The van der Waals surface area contributed by atoms with Gasteiger partial charge in [-0.15, -0.1) is 0 Å². The molecule has 0 radical (unpaired) electrons. The van der Waals surface area contributed by atoms with Crippen molar-refractivity contribution in [1.82, 2.24) is 20.0 Å². The van der Waals surface area contributed by atoms with Crippen molar-refractivity contribution in [3.05, 3.63) is 47.7 Å². The van der Waals surface area contributed by atoms with E-state index in [9.17, 15) is 19.5 Å². The van der Waals surface area contributed by atoms with Crippen LogP contribution in [0.25, 0.3) is 0 Å². The number of rotatable bonds is 6. The highest BCUT2D eigenvalue weighted by Crippen LogP contribution is 2.36. The first-order chi connectivity index (χ1) is 13.8. The van der Waals surface area contributed by atoms with Gasteiger partial charge in [-0.2, -0.15) is 5.10 Å². The van der Waals surface area contributed by atoms with Crippen molar-refractivity contribution in [2.45, 2.75) is 38.4 Å². The topological polar surface area (TPSA) is 117 Å². The predicted octanol–water partition coefficient (Wildman–Crippen LogP) is 1.07. The summed E-state index contributed by atoms with van der Waals surface area (Å²) in [5.41, 5.74) is 1.73. The van der Waals surface area contributed by atoms with E-state index in [1.54, 1.807) is 22.7 Å². The number of aryl methyl sites for hydroxylation is 2. The molecule has 2 amide bonds. The largest absolute Gasteiger partial charge is 0.480 e. The Bertz CT molecular complexity index is 891. The van der Waals surface area contributed by atoms with Gasteiger partial charge in [0.2, 0.25) is 11.8 Å². The van der Waals surface area contributed by atoms with Crippen LogP contribution >= 0.6 is 0 Å². The molecule has 2 aromatic rings. The molecule has 1 aromatic heterocycles. The molecule has 9 nitrogen and oxygen atoms in total. The number of carboxylic acids is 1. The number of benzene rings is 1. The molecule has 0 spiro atoms. The van der Waals surface area contributed by atoms with Crippen LogP contribution in [0.5, 0.6) is 0 Å². The lowest BCUT2D eigenvalue weighted by Crippen LogP contribution is -2.44. The standard InChI is InChI=1S/C20H25N5O4/c1-12-9-17(23-24(12)3)22-18(27)11-25-16(20(28)29)10-15(21-13(2)26)19(25)14-7-5-4-6-8-14/h4-9,15-16,19H,10-11H2,1-3H3,(H,21,26)(H,28,29)(H,22,23,27)/t15-,16-,19-/m0/s1. The SMILES string of the molecule is CC(=O)N[C@H]1C[C@@H](C(=O)O)N(CC(=O)Nc2cc(C)n(C)n2)[C@H]1c1ccccc1. The van der Waals surface area contributed by atoms with E-state index in [0.717, 1.165) is 11.3 Å². The molecule has 2 heterocycles. The highest BCUT2D eigenvalue weighted by atomic mass is 16.4. The van der Waals surface area contributed by atoms with E-state index in [4.69, 9.17) is 0 Å². The molecule has 1 fully saturated rings. The maximum atomic E-state index is 12.7. The average Bonchev–Trinajstić information content (AvgIpc) is 3.14. The zero-order chi connectivity index (χ0) is 21.1. The minimum absolute atomic E-state index is 0.137. The summed E-state index contributed by atoms with van der Waals surface area (Å²) >= 11 is 0. The van der Waals surface area contributed by atoms with E-state index in [1.807, 2.05) is 37.3 Å². The van der Waals surface area contributed by atoms with Gasteiger partial charge in [-0.25, -0.2) is 0 Å². The second kappa shape index (κ2) is 8.44. The maximum absolute atomic E-state index is 12.7. The second-order valence-corrected chi connectivity index (χ2v) is 7.27. The molecule has 1 aliphatic heterocycles. The van der Waals surface area contributed by atoms with Gasteiger partial charge in [0.25, 0.3) is 0 Å². The van der Waals surface area contributed by atoms with Gasteiger partial charge in [-0.1, -0.05) is 30.3 Å². The molecule has 3 atom stereocenters. The van der Waals surface area contributed by atoms with Gasteiger partial charge >= 0.3 is 5.97 Å². The second-order valence-electron chi connectivity index (χ2n) is 7.27. The lowest BCUT2D eigenvalue weighted by atomic mass is 9.99. The number of aromatic nitrogens is 2. The van der Waals surface area contributed by atoms with Gasteiger partial charge in [0, 0.05) is 25.7 Å². The Labute approximate surface area is 168 Å². The van der Waals surface area contributed by atoms with Crippen LogP contribution in [0, 0.1) is 6.92 Å². The number of aliphatic carboxylic acids is 1. The zero-order valence-corrected chi connectivity index (χ0v) is 16.6. The van der Waals surface area contributed by atoms with Crippen LogP contribution in [0.15, 0.2) is 36.4 Å². The molecule has 154 valence electrons. The van der Waals surface area contributed by atoms with E-state index < -0.39 is 24.1 Å². The number of anilines is 1. The molecule has 3 rings (SSSR count). The van der Waals surface area contributed by atoms with Crippen LogP contribution in [0.1, 0.15) is 30.6 Å². The van der Waals surface area contributed by atoms with Crippen LogP contribution in [0.4, 0.5) is 5.82 Å². The first-order valence-electron chi connectivity index (χ1n) is 9.37. The molecule has 1 aliphatic rings. The van der Waals surface area contributed by atoms with Crippen molar-refractivity contribution < 1.29 is 19.5 Å². The maximum Gasteiger partial charge on any atom is 0.321 e. The lowest BCUT2D eigenvalue weighted by Gasteiger charge is -2.30. The summed E-state index contributed by atoms with van der Waals surface area (Å²) in [6.45, 7) is 3.13. The van der Waals surface area contributed by atoms with Crippen molar-refractivity contribution in [2.75, 3.05) is 11.9 Å². The van der Waals surface area contributed by atoms with Crippen molar-refractivity contribution in [3.63, 3.8) is 0 Å². The fraction of sp³-hybridized carbons (Fsp3) is 0.400. The molecule has 9 heteroatoms. The number of carboxylic acid groups (broad SMARTS) is 1. The third-order valence-corrected chi connectivity index (χ3v) is 5.14. The number of hydrogen-bond acceptors (Lipinski definition) is 5. The van der Waals surface area contributed by atoms with Crippen molar-refractivity contribution in [3.8, 4) is 0 Å². The predicted molar refractivity (Wildman–Crippen MR) is 106 cm³/mol. The van der Waals surface area contributed by atoms with Crippen LogP contribution in [0.2, 0.25) is 0 Å². The summed E-state index contributed by atoms with van der Waals surface area (Å²) in [7, 11) is 1.77. The Morgan fingerprint density at radius 1 is 1.24 bits per heavy atom. The van der Waals surface area contributed by atoms with E-state index in [-0.39, 0.29) is 24.8 Å². The Kier molecular flexibility index (Phi) is 5.97. The highest BCUT2D eigenvalue weighted by Gasteiger charge is 2.46. The van der Waals surface area contributed by atoms with Crippen molar-refractivity contribution >= 4 is 23.6 Å². The number of carbonyl (C=O) groups excluding carboxylic acids is 2. The quantitative estimate of drug-likeness (QED) is 0.669. The zero-order valence-electron chi connectivity index (χ0n) is 16.6. The average molecular weight is 399 g/mol. The molecule has 0 unspecified atom stereocenters. The minimum atomic E-state index is -1.03. The summed E-state index contributed by atoms with van der Waals surface area (Å²) in [6.07, 6.45) is 0.213. The van der Waals surface area contributed by atoms with Gasteiger partial charge in [-0.05, 0) is 18.9 Å². The molecular formula is C20H25N5O4. The molecule has 3 N–H and O–H groups in total. The normalized spacial score (nSPS) is 21.7. The third kappa shape index (κ3) is 4.62. The van der Waals surface area contributed by atoms with Gasteiger partial charge in [0.05, 0.1) is 18.6 Å². The van der Waals surface area contributed by atoms with Crippen molar-refractivity contribution in [2.24, 2.45) is 7.05 Å². The number of amides is 2. The smallest absolute Gasteiger partial charge is 0.321 e. The first-order valence-corrected chi connectivity index (χ1v) is 9.37. The summed E-state index contributed by atoms with van der Waals surface area (Å²) in [5, 5.41) is 19.5. The number of carbonyl (C=O) groups is 3. The number of nitrogens with one attached hydrogen (secondary N) is 2. The molecule has 0 aliphatic carbocycles. The lowest BCUT2D eigenvalue weighted by molar-refractivity contribution is -0.143. The number of nitrogens with zero attached hydrogens (tertiary/aromatic N) is 3. The molecule has 1 saturated heterocycles. The Hall–Kier alpha value is -3.20. The molecule has 0 saturated carbocycles. The molecule has 29 heavy (non-hydrogen) atoms. The Morgan fingerprint density at radius 2 is 1.93 bits per heavy atom. The van der Waals surface area contributed by atoms with Crippen LogP contribution in [0.3, 0.4) is 0 Å².